The number of ketones is 1. The Morgan fingerprint density at radius 3 is 2.62 bits per heavy atom. The zero-order valence-electron chi connectivity index (χ0n) is 14.5. The first-order valence-corrected chi connectivity index (χ1v) is 7.93. The summed E-state index contributed by atoms with van der Waals surface area (Å²) in [5.74, 6) is 0.233. The summed E-state index contributed by atoms with van der Waals surface area (Å²) >= 11 is 0. The van der Waals surface area contributed by atoms with Gasteiger partial charge in [0.25, 0.3) is 5.69 Å². The normalized spacial score (nSPS) is 10.7. The van der Waals surface area contributed by atoms with Crippen LogP contribution in [0.1, 0.15) is 40.7 Å². The van der Waals surface area contributed by atoms with E-state index in [0.29, 0.717) is 16.9 Å². The highest BCUT2D eigenvalue weighted by molar-refractivity contribution is 5.98. The van der Waals surface area contributed by atoms with E-state index in [1.54, 1.807) is 19.1 Å². The lowest BCUT2D eigenvalue weighted by Crippen LogP contribution is -2.13. The minimum absolute atomic E-state index is 0.0129. The second-order valence-corrected chi connectivity index (χ2v) is 5.81. The van der Waals surface area contributed by atoms with Gasteiger partial charge in [-0.1, -0.05) is 13.0 Å². The van der Waals surface area contributed by atoms with Gasteiger partial charge in [0.15, 0.2) is 6.61 Å². The number of aromatic nitrogens is 1. The largest absolute Gasteiger partial charge is 0.485 e. The van der Waals surface area contributed by atoms with Crippen molar-refractivity contribution >= 4 is 11.5 Å². The highest BCUT2D eigenvalue weighted by atomic mass is 16.6. The zero-order chi connectivity index (χ0) is 17.9. The molecule has 1 aromatic heterocycles. The number of Topliss-reactive ketones (excluding diaryl/α,β-unsaturated/α-hetero) is 1. The molecule has 0 amide bonds. The van der Waals surface area contributed by atoms with Crippen LogP contribution in [0, 0.1) is 30.9 Å². The highest BCUT2D eigenvalue weighted by Gasteiger charge is 2.18. The first kappa shape index (κ1) is 17.7. The monoisotopic (exact) mass is 330 g/mol. The molecule has 0 unspecified atom stereocenters. The lowest BCUT2D eigenvalue weighted by Gasteiger charge is -2.09. The molecule has 0 aliphatic rings. The molecule has 0 bridgehead atoms. The van der Waals surface area contributed by atoms with E-state index in [9.17, 15) is 14.9 Å². The Morgan fingerprint density at radius 2 is 2.00 bits per heavy atom. The van der Waals surface area contributed by atoms with Gasteiger partial charge in [-0.05, 0) is 39.3 Å². The van der Waals surface area contributed by atoms with Crippen molar-refractivity contribution in [1.82, 2.24) is 4.57 Å². The number of nitro benzene ring substituents is 1. The Balaban J connectivity index is 2.16. The third kappa shape index (κ3) is 3.48. The maximum absolute atomic E-state index is 12.5. The summed E-state index contributed by atoms with van der Waals surface area (Å²) in [6.45, 7) is 8.34. The number of carbonyl (C=O) groups excluding carboxylic acids is 1. The second-order valence-electron chi connectivity index (χ2n) is 5.81. The van der Waals surface area contributed by atoms with E-state index in [2.05, 4.69) is 11.5 Å². The Bertz CT molecular complexity index is 778. The van der Waals surface area contributed by atoms with Gasteiger partial charge in [0.1, 0.15) is 5.75 Å². The molecule has 0 fully saturated rings. The van der Waals surface area contributed by atoms with Crippen molar-refractivity contribution < 1.29 is 14.5 Å². The molecular weight excluding hydrogens is 308 g/mol. The van der Waals surface area contributed by atoms with Crippen LogP contribution in [0.15, 0.2) is 24.3 Å². The third-order valence-electron chi connectivity index (χ3n) is 4.13. The Hall–Kier alpha value is -2.63. The van der Waals surface area contributed by atoms with E-state index < -0.39 is 4.92 Å². The van der Waals surface area contributed by atoms with Crippen molar-refractivity contribution in [3.8, 4) is 5.75 Å². The Kier molecular flexibility index (Phi) is 5.39. The topological polar surface area (TPSA) is 74.4 Å². The first-order chi connectivity index (χ1) is 11.4. The molecule has 0 aliphatic heterocycles. The fourth-order valence-electron chi connectivity index (χ4n) is 2.83. The molecule has 0 spiro atoms. The van der Waals surface area contributed by atoms with E-state index >= 15 is 0 Å². The predicted octanol–water partition coefficient (Wildman–Crippen LogP) is 3.99. The molecule has 0 radical (unpaired) electrons. The molecule has 0 aliphatic carbocycles. The summed E-state index contributed by atoms with van der Waals surface area (Å²) in [4.78, 5) is 23.0. The summed E-state index contributed by atoms with van der Waals surface area (Å²) in [5, 5.41) is 11.0. The minimum atomic E-state index is -0.456. The molecular formula is C18H22N2O4. The van der Waals surface area contributed by atoms with Gasteiger partial charge in [0.2, 0.25) is 5.78 Å². The highest BCUT2D eigenvalue weighted by Crippen LogP contribution is 2.27. The number of carbonyl (C=O) groups is 1. The summed E-state index contributed by atoms with van der Waals surface area (Å²) in [5.41, 5.74) is 3.03. The smallest absolute Gasteiger partial charge is 0.276 e. The van der Waals surface area contributed by atoms with Crippen LogP contribution in [0.5, 0.6) is 5.75 Å². The molecule has 0 atom stereocenters. The molecule has 2 aromatic rings. The van der Waals surface area contributed by atoms with Gasteiger partial charge in [0.05, 0.1) is 10.5 Å². The number of nitro groups is 1. The average Bonchev–Trinajstić information content (AvgIpc) is 2.82. The number of benzene rings is 1. The van der Waals surface area contributed by atoms with E-state index in [1.165, 1.54) is 6.07 Å². The van der Waals surface area contributed by atoms with Crippen LogP contribution in [0.3, 0.4) is 0 Å². The fourth-order valence-corrected chi connectivity index (χ4v) is 2.83. The quantitative estimate of drug-likeness (QED) is 0.437. The van der Waals surface area contributed by atoms with Crippen LogP contribution >= 0.6 is 0 Å². The standard InChI is InChI=1S/C18H22N2O4/c1-5-9-19-12(2)10-15(14(19)4)17(21)11-24-18-8-6-7-16(13(18)3)20(22)23/h6-8,10H,5,9,11H2,1-4H3. The van der Waals surface area contributed by atoms with Crippen LogP contribution in [-0.4, -0.2) is 21.9 Å². The molecule has 6 nitrogen and oxygen atoms in total. The van der Waals surface area contributed by atoms with Crippen LogP contribution < -0.4 is 4.74 Å². The van der Waals surface area contributed by atoms with Crippen molar-refractivity contribution in [3.63, 3.8) is 0 Å². The number of aryl methyl sites for hydroxylation is 1. The maximum Gasteiger partial charge on any atom is 0.276 e. The molecule has 0 saturated carbocycles. The van der Waals surface area contributed by atoms with Crippen LogP contribution in [0.25, 0.3) is 0 Å². The SMILES string of the molecule is CCCn1c(C)cc(C(=O)COc2cccc([N+](=O)[O-])c2C)c1C. The number of nitrogens with zero attached hydrogens (tertiary/aromatic N) is 2. The van der Waals surface area contributed by atoms with Gasteiger partial charge in [-0.15, -0.1) is 0 Å². The van der Waals surface area contributed by atoms with Crippen LogP contribution in [0.2, 0.25) is 0 Å². The molecule has 24 heavy (non-hydrogen) atoms. The van der Waals surface area contributed by atoms with Crippen molar-refractivity contribution in [2.24, 2.45) is 0 Å². The van der Waals surface area contributed by atoms with Crippen molar-refractivity contribution in [2.75, 3.05) is 6.61 Å². The third-order valence-corrected chi connectivity index (χ3v) is 4.13. The van der Waals surface area contributed by atoms with E-state index in [0.717, 1.165) is 24.4 Å². The van der Waals surface area contributed by atoms with Gasteiger partial charge in [0, 0.05) is 29.6 Å². The molecule has 128 valence electrons. The average molecular weight is 330 g/mol. The molecule has 0 N–H and O–H groups in total. The van der Waals surface area contributed by atoms with Gasteiger partial charge >= 0.3 is 0 Å². The Morgan fingerprint density at radius 1 is 1.29 bits per heavy atom. The fraction of sp³-hybridized carbons (Fsp3) is 0.389. The lowest BCUT2D eigenvalue weighted by molar-refractivity contribution is -0.385. The number of hydrogen-bond donors (Lipinski definition) is 0. The predicted molar refractivity (Wildman–Crippen MR) is 91.9 cm³/mol. The molecule has 1 aromatic carbocycles. The van der Waals surface area contributed by atoms with Gasteiger partial charge in [-0.3, -0.25) is 14.9 Å². The number of hydrogen-bond acceptors (Lipinski definition) is 4. The van der Waals surface area contributed by atoms with Gasteiger partial charge < -0.3 is 9.30 Å². The molecule has 1 heterocycles. The van der Waals surface area contributed by atoms with Gasteiger partial charge in [-0.25, -0.2) is 0 Å². The van der Waals surface area contributed by atoms with Crippen molar-refractivity contribution in [1.29, 1.82) is 0 Å². The molecule has 2 rings (SSSR count). The molecule has 6 heteroatoms. The van der Waals surface area contributed by atoms with Crippen LogP contribution in [0.4, 0.5) is 5.69 Å². The van der Waals surface area contributed by atoms with E-state index in [-0.39, 0.29) is 18.1 Å². The minimum Gasteiger partial charge on any atom is -0.485 e. The summed E-state index contributed by atoms with van der Waals surface area (Å²) in [6, 6.07) is 6.48. The molecule has 0 saturated heterocycles. The van der Waals surface area contributed by atoms with E-state index in [4.69, 9.17) is 4.74 Å². The maximum atomic E-state index is 12.5. The zero-order valence-corrected chi connectivity index (χ0v) is 14.5. The summed E-state index contributed by atoms with van der Waals surface area (Å²) in [7, 11) is 0. The van der Waals surface area contributed by atoms with E-state index in [1.807, 2.05) is 19.9 Å². The summed E-state index contributed by atoms with van der Waals surface area (Å²) in [6.07, 6.45) is 0.993. The van der Waals surface area contributed by atoms with Gasteiger partial charge in [-0.2, -0.15) is 0 Å². The summed E-state index contributed by atoms with van der Waals surface area (Å²) < 4.78 is 7.66. The van der Waals surface area contributed by atoms with Crippen LogP contribution in [-0.2, 0) is 6.54 Å². The lowest BCUT2D eigenvalue weighted by atomic mass is 10.1. The Labute approximate surface area is 141 Å². The van der Waals surface area contributed by atoms with Crippen molar-refractivity contribution in [3.05, 3.63) is 56.9 Å². The first-order valence-electron chi connectivity index (χ1n) is 7.93. The van der Waals surface area contributed by atoms with Crippen molar-refractivity contribution in [2.45, 2.75) is 40.7 Å². The number of rotatable bonds is 7. The second kappa shape index (κ2) is 7.29. The number of ether oxygens (including phenoxy) is 1.